The van der Waals surface area contributed by atoms with Crippen molar-refractivity contribution < 1.29 is 0 Å². The maximum Gasteiger partial charge on any atom is 0.0440 e. The molecule has 1 heteroatoms. The van der Waals surface area contributed by atoms with Crippen molar-refractivity contribution >= 4 is 11.6 Å². The van der Waals surface area contributed by atoms with Crippen LogP contribution in [-0.4, -0.2) is 0 Å². The molecule has 0 saturated carbocycles. The zero-order valence-electron chi connectivity index (χ0n) is 8.39. The third kappa shape index (κ3) is 3.04. The van der Waals surface area contributed by atoms with E-state index in [1.165, 1.54) is 24.8 Å². The van der Waals surface area contributed by atoms with Crippen molar-refractivity contribution in [2.75, 3.05) is 0 Å². The van der Waals surface area contributed by atoms with Crippen LogP contribution in [0.5, 0.6) is 0 Å². The highest BCUT2D eigenvalue weighted by Crippen LogP contribution is 2.27. The number of hydrogen-bond acceptors (Lipinski definition) is 0. The van der Waals surface area contributed by atoms with E-state index < -0.39 is 0 Å². The summed E-state index contributed by atoms with van der Waals surface area (Å²) >= 11 is 6.10. The molecule has 13 heavy (non-hydrogen) atoms. The van der Waals surface area contributed by atoms with Crippen LogP contribution in [0.4, 0.5) is 0 Å². The lowest BCUT2D eigenvalue weighted by Gasteiger charge is -2.12. The van der Waals surface area contributed by atoms with Crippen LogP contribution in [0, 0.1) is 0 Å². The second-order valence-electron chi connectivity index (χ2n) is 3.56. The minimum atomic E-state index is 0.591. The Labute approximate surface area is 85.9 Å². The molecule has 0 radical (unpaired) electrons. The first kappa shape index (κ1) is 10.6. The molecule has 0 nitrogen and oxygen atoms in total. The van der Waals surface area contributed by atoms with Crippen molar-refractivity contribution in [2.24, 2.45) is 0 Å². The van der Waals surface area contributed by atoms with Gasteiger partial charge in [0.25, 0.3) is 0 Å². The highest BCUT2D eigenvalue weighted by Gasteiger charge is 2.07. The van der Waals surface area contributed by atoms with Gasteiger partial charge >= 0.3 is 0 Å². The van der Waals surface area contributed by atoms with E-state index in [0.717, 1.165) is 5.02 Å². The van der Waals surface area contributed by atoms with Gasteiger partial charge in [0, 0.05) is 5.02 Å². The van der Waals surface area contributed by atoms with Crippen LogP contribution in [-0.2, 0) is 0 Å². The second kappa shape index (κ2) is 5.29. The summed E-state index contributed by atoms with van der Waals surface area (Å²) in [4.78, 5) is 0. The summed E-state index contributed by atoms with van der Waals surface area (Å²) in [5.74, 6) is 0.591. The summed E-state index contributed by atoms with van der Waals surface area (Å²) in [5.41, 5.74) is 1.29. The number of unbranched alkanes of at least 4 members (excludes halogenated alkanes) is 1. The van der Waals surface area contributed by atoms with Crippen LogP contribution in [0.3, 0.4) is 0 Å². The topological polar surface area (TPSA) is 0 Å². The molecule has 0 saturated heterocycles. The van der Waals surface area contributed by atoms with Gasteiger partial charge in [-0.25, -0.2) is 0 Å². The van der Waals surface area contributed by atoms with Gasteiger partial charge in [-0.2, -0.15) is 0 Å². The van der Waals surface area contributed by atoms with Gasteiger partial charge in [-0.05, 0) is 24.0 Å². The summed E-state index contributed by atoms with van der Waals surface area (Å²) in [6, 6.07) is 8.14. The molecule has 1 rings (SSSR count). The lowest BCUT2D eigenvalue weighted by atomic mass is 9.96. The third-order valence-electron chi connectivity index (χ3n) is 2.43. The fourth-order valence-electron chi connectivity index (χ4n) is 1.54. The Morgan fingerprint density at radius 1 is 1.31 bits per heavy atom. The van der Waals surface area contributed by atoms with Crippen molar-refractivity contribution in [1.82, 2.24) is 0 Å². The van der Waals surface area contributed by atoms with Gasteiger partial charge in [-0.15, -0.1) is 0 Å². The molecule has 0 unspecified atom stereocenters. The summed E-state index contributed by atoms with van der Waals surface area (Å²) in [5, 5.41) is 0.908. The average molecular weight is 197 g/mol. The van der Waals surface area contributed by atoms with Crippen LogP contribution in [0.25, 0.3) is 0 Å². The molecule has 0 aliphatic heterocycles. The van der Waals surface area contributed by atoms with Crippen LogP contribution in [0.15, 0.2) is 24.3 Å². The van der Waals surface area contributed by atoms with E-state index in [9.17, 15) is 0 Å². The van der Waals surface area contributed by atoms with E-state index >= 15 is 0 Å². The first-order valence-corrected chi connectivity index (χ1v) is 5.38. The normalized spacial score (nSPS) is 12.8. The maximum atomic E-state index is 6.10. The van der Waals surface area contributed by atoms with Crippen LogP contribution >= 0.6 is 11.6 Å². The molecule has 0 spiro atoms. The number of hydrogen-bond donors (Lipinski definition) is 0. The van der Waals surface area contributed by atoms with Crippen LogP contribution < -0.4 is 0 Å². The van der Waals surface area contributed by atoms with E-state index in [1.54, 1.807) is 0 Å². The van der Waals surface area contributed by atoms with Gasteiger partial charge in [0.15, 0.2) is 0 Å². The largest absolute Gasteiger partial charge is 0.0840 e. The minimum Gasteiger partial charge on any atom is -0.0840 e. The summed E-state index contributed by atoms with van der Waals surface area (Å²) in [6.07, 6.45) is 3.78. The molecule has 0 aromatic heterocycles. The van der Waals surface area contributed by atoms with E-state index in [2.05, 4.69) is 26.0 Å². The standard InChI is InChI=1S/C12H17Cl/c1-3-4-7-10(2)11-8-5-6-9-12(11)13/h5-6,8-10H,3-4,7H2,1-2H3/t10-/m1/s1. The van der Waals surface area contributed by atoms with Gasteiger partial charge in [-0.1, -0.05) is 56.5 Å². The fraction of sp³-hybridized carbons (Fsp3) is 0.500. The second-order valence-corrected chi connectivity index (χ2v) is 3.97. The Kier molecular flexibility index (Phi) is 4.31. The van der Waals surface area contributed by atoms with E-state index in [-0.39, 0.29) is 0 Å². The molecule has 0 amide bonds. The SMILES string of the molecule is CCCC[C@@H](C)c1ccccc1Cl. The molecule has 0 fully saturated rings. The molecule has 0 heterocycles. The Balaban J connectivity index is 2.65. The van der Waals surface area contributed by atoms with Crippen molar-refractivity contribution in [1.29, 1.82) is 0 Å². The zero-order valence-corrected chi connectivity index (χ0v) is 9.14. The van der Waals surface area contributed by atoms with Crippen molar-refractivity contribution in [3.8, 4) is 0 Å². The monoisotopic (exact) mass is 196 g/mol. The fourth-order valence-corrected chi connectivity index (χ4v) is 1.86. The Bertz CT molecular complexity index is 255. The zero-order chi connectivity index (χ0) is 9.68. The van der Waals surface area contributed by atoms with Gasteiger partial charge in [0.05, 0.1) is 0 Å². The highest BCUT2D eigenvalue weighted by atomic mass is 35.5. The van der Waals surface area contributed by atoms with Crippen molar-refractivity contribution in [3.05, 3.63) is 34.9 Å². The van der Waals surface area contributed by atoms with Gasteiger partial charge < -0.3 is 0 Å². The van der Waals surface area contributed by atoms with Gasteiger partial charge in [0.2, 0.25) is 0 Å². The lowest BCUT2D eigenvalue weighted by Crippen LogP contribution is -1.93. The maximum absolute atomic E-state index is 6.10. The minimum absolute atomic E-state index is 0.591. The highest BCUT2D eigenvalue weighted by molar-refractivity contribution is 6.31. The molecular formula is C12H17Cl. The average Bonchev–Trinajstić information content (AvgIpc) is 2.15. The van der Waals surface area contributed by atoms with E-state index in [4.69, 9.17) is 11.6 Å². The Hall–Kier alpha value is -0.490. The molecule has 0 N–H and O–H groups in total. The molecule has 1 aromatic rings. The number of halogens is 1. The lowest BCUT2D eigenvalue weighted by molar-refractivity contribution is 0.624. The van der Waals surface area contributed by atoms with Crippen LogP contribution in [0.2, 0.25) is 5.02 Å². The quantitative estimate of drug-likeness (QED) is 0.659. The summed E-state index contributed by atoms with van der Waals surface area (Å²) in [6.45, 7) is 4.47. The predicted octanol–water partition coefficient (Wildman–Crippen LogP) is 4.63. The van der Waals surface area contributed by atoms with E-state index in [1.807, 2.05) is 12.1 Å². The molecule has 72 valence electrons. The molecule has 1 aromatic carbocycles. The van der Waals surface area contributed by atoms with Crippen molar-refractivity contribution in [2.45, 2.75) is 39.0 Å². The van der Waals surface area contributed by atoms with E-state index in [0.29, 0.717) is 5.92 Å². The molecule has 1 atom stereocenters. The molecule has 0 aliphatic rings. The van der Waals surface area contributed by atoms with Crippen LogP contribution in [0.1, 0.15) is 44.6 Å². The molecule has 0 aliphatic carbocycles. The van der Waals surface area contributed by atoms with Gasteiger partial charge in [-0.3, -0.25) is 0 Å². The van der Waals surface area contributed by atoms with Crippen molar-refractivity contribution in [3.63, 3.8) is 0 Å². The Morgan fingerprint density at radius 3 is 2.62 bits per heavy atom. The molecular weight excluding hydrogens is 180 g/mol. The predicted molar refractivity (Wildman–Crippen MR) is 59.4 cm³/mol. The first-order chi connectivity index (χ1) is 6.25. The first-order valence-electron chi connectivity index (χ1n) is 5.00. The number of benzene rings is 1. The van der Waals surface area contributed by atoms with Gasteiger partial charge in [0.1, 0.15) is 0 Å². The summed E-state index contributed by atoms with van der Waals surface area (Å²) < 4.78 is 0. The molecule has 0 bridgehead atoms. The number of rotatable bonds is 4. The Morgan fingerprint density at radius 2 is 2.00 bits per heavy atom. The smallest absolute Gasteiger partial charge is 0.0440 e. The summed E-state index contributed by atoms with van der Waals surface area (Å²) in [7, 11) is 0. The third-order valence-corrected chi connectivity index (χ3v) is 2.77.